The molecule has 2 atom stereocenters. The Balaban J connectivity index is 2.35. The summed E-state index contributed by atoms with van der Waals surface area (Å²) in [5, 5.41) is 12.6. The third kappa shape index (κ3) is 1.94. The van der Waals surface area contributed by atoms with E-state index in [0.717, 1.165) is 25.9 Å². The largest absolute Gasteiger partial charge is 0.390 e. The Morgan fingerprint density at radius 3 is 2.80 bits per heavy atom. The highest BCUT2D eigenvalue weighted by atomic mass is 16.5. The highest BCUT2D eigenvalue weighted by molar-refractivity contribution is 4.74. The molecule has 3 nitrogen and oxygen atoms in total. The number of methoxy groups -OCH3 is 1. The molecule has 1 heterocycles. The van der Waals surface area contributed by atoms with Crippen molar-refractivity contribution in [3.8, 4) is 0 Å². The summed E-state index contributed by atoms with van der Waals surface area (Å²) in [5.41, 5.74) is 0. The molecule has 1 rings (SSSR count). The van der Waals surface area contributed by atoms with Crippen LogP contribution in [0.25, 0.3) is 0 Å². The first-order valence-corrected chi connectivity index (χ1v) is 3.76. The van der Waals surface area contributed by atoms with Gasteiger partial charge in [-0.1, -0.05) is 0 Å². The fourth-order valence-electron chi connectivity index (χ4n) is 1.27. The number of aliphatic hydroxyl groups excluding tert-OH is 1. The molecule has 0 amide bonds. The maximum Gasteiger partial charge on any atom is 0.0842 e. The Labute approximate surface area is 61.4 Å². The smallest absolute Gasteiger partial charge is 0.0842 e. The topological polar surface area (TPSA) is 41.5 Å². The molecule has 0 aromatic carbocycles. The van der Waals surface area contributed by atoms with Gasteiger partial charge in [0.15, 0.2) is 0 Å². The Morgan fingerprint density at radius 2 is 2.10 bits per heavy atom. The predicted molar refractivity (Wildman–Crippen MR) is 38.9 cm³/mol. The van der Waals surface area contributed by atoms with Crippen molar-refractivity contribution >= 4 is 0 Å². The van der Waals surface area contributed by atoms with Crippen molar-refractivity contribution in [1.29, 1.82) is 0 Å². The zero-order valence-electron chi connectivity index (χ0n) is 6.34. The molecule has 1 aliphatic rings. The van der Waals surface area contributed by atoms with Crippen LogP contribution in [-0.2, 0) is 4.74 Å². The lowest BCUT2D eigenvalue weighted by Crippen LogP contribution is -2.27. The van der Waals surface area contributed by atoms with Gasteiger partial charge in [0, 0.05) is 7.11 Å². The first-order valence-electron chi connectivity index (χ1n) is 3.76. The Kier molecular flexibility index (Phi) is 3.12. The first-order chi connectivity index (χ1) is 4.84. The first kappa shape index (κ1) is 7.98. The molecular weight excluding hydrogens is 130 g/mol. The second-order valence-corrected chi connectivity index (χ2v) is 2.67. The molecule has 1 unspecified atom stereocenters. The van der Waals surface area contributed by atoms with Gasteiger partial charge in [-0.3, -0.25) is 0 Å². The zero-order valence-corrected chi connectivity index (χ0v) is 6.34. The molecule has 0 aliphatic carbocycles. The van der Waals surface area contributed by atoms with Gasteiger partial charge >= 0.3 is 0 Å². The van der Waals surface area contributed by atoms with Gasteiger partial charge in [0.25, 0.3) is 0 Å². The summed E-state index contributed by atoms with van der Waals surface area (Å²) >= 11 is 0. The van der Waals surface area contributed by atoms with E-state index in [-0.39, 0.29) is 12.2 Å². The summed E-state index contributed by atoms with van der Waals surface area (Å²) in [6, 6.07) is 0. The van der Waals surface area contributed by atoms with E-state index in [1.165, 1.54) is 0 Å². The summed E-state index contributed by atoms with van der Waals surface area (Å²) in [7, 11) is 1.65. The Bertz CT molecular complexity index is 97.6. The van der Waals surface area contributed by atoms with Gasteiger partial charge in [-0.25, -0.2) is 0 Å². The van der Waals surface area contributed by atoms with Crippen molar-refractivity contribution in [2.24, 2.45) is 0 Å². The van der Waals surface area contributed by atoms with Crippen LogP contribution < -0.4 is 5.32 Å². The lowest BCUT2D eigenvalue weighted by Gasteiger charge is -2.17. The van der Waals surface area contributed by atoms with E-state index in [0.29, 0.717) is 0 Å². The van der Waals surface area contributed by atoms with Gasteiger partial charge < -0.3 is 15.2 Å². The van der Waals surface area contributed by atoms with Crippen molar-refractivity contribution in [2.75, 3.05) is 20.2 Å². The van der Waals surface area contributed by atoms with Gasteiger partial charge in [0.05, 0.1) is 12.2 Å². The quantitative estimate of drug-likeness (QED) is 0.534. The average Bonchev–Trinajstić information content (AvgIpc) is 2.13. The van der Waals surface area contributed by atoms with Crippen LogP contribution in [0.1, 0.15) is 12.8 Å². The minimum atomic E-state index is -0.278. The second-order valence-electron chi connectivity index (χ2n) is 2.67. The number of rotatable bonds is 1. The SMILES string of the molecule is COC1CCNCC[C@@H]1O. The number of ether oxygens (including phenoxy) is 1. The number of hydrogen-bond donors (Lipinski definition) is 2. The van der Waals surface area contributed by atoms with Gasteiger partial charge in [-0.2, -0.15) is 0 Å². The predicted octanol–water partition coefficient (Wildman–Crippen LogP) is -0.254. The van der Waals surface area contributed by atoms with Crippen LogP contribution in [0.5, 0.6) is 0 Å². The van der Waals surface area contributed by atoms with Crippen LogP contribution >= 0.6 is 0 Å². The van der Waals surface area contributed by atoms with E-state index in [4.69, 9.17) is 4.74 Å². The van der Waals surface area contributed by atoms with Gasteiger partial charge in [-0.05, 0) is 25.9 Å². The maximum atomic E-state index is 9.38. The lowest BCUT2D eigenvalue weighted by atomic mass is 10.1. The van der Waals surface area contributed by atoms with Crippen molar-refractivity contribution in [2.45, 2.75) is 25.0 Å². The number of nitrogens with one attached hydrogen (secondary N) is 1. The van der Waals surface area contributed by atoms with Crippen LogP contribution in [-0.4, -0.2) is 37.5 Å². The zero-order chi connectivity index (χ0) is 7.40. The highest BCUT2D eigenvalue weighted by Crippen LogP contribution is 2.08. The monoisotopic (exact) mass is 145 g/mol. The maximum absolute atomic E-state index is 9.38. The number of hydrogen-bond acceptors (Lipinski definition) is 3. The molecule has 0 spiro atoms. The number of aliphatic hydroxyl groups is 1. The molecule has 0 saturated carbocycles. The summed E-state index contributed by atoms with van der Waals surface area (Å²) in [6.45, 7) is 1.86. The van der Waals surface area contributed by atoms with Crippen LogP contribution in [0.2, 0.25) is 0 Å². The standard InChI is InChI=1S/C7H15NO2/c1-10-7-3-5-8-4-2-6(7)9/h6-9H,2-5H2,1H3/t6-,7?/m0/s1. The average molecular weight is 145 g/mol. The van der Waals surface area contributed by atoms with E-state index < -0.39 is 0 Å². The summed E-state index contributed by atoms with van der Waals surface area (Å²) in [5.74, 6) is 0. The fourth-order valence-corrected chi connectivity index (χ4v) is 1.27. The molecule has 3 heteroatoms. The molecule has 0 radical (unpaired) electrons. The van der Waals surface area contributed by atoms with Crippen molar-refractivity contribution < 1.29 is 9.84 Å². The van der Waals surface area contributed by atoms with Crippen LogP contribution in [0, 0.1) is 0 Å². The normalized spacial score (nSPS) is 35.4. The van der Waals surface area contributed by atoms with E-state index in [9.17, 15) is 5.11 Å². The van der Waals surface area contributed by atoms with Crippen LogP contribution in [0.3, 0.4) is 0 Å². The third-order valence-corrected chi connectivity index (χ3v) is 1.95. The van der Waals surface area contributed by atoms with Gasteiger partial charge in [0.2, 0.25) is 0 Å². The summed E-state index contributed by atoms with van der Waals surface area (Å²) in [4.78, 5) is 0. The Morgan fingerprint density at radius 1 is 1.40 bits per heavy atom. The van der Waals surface area contributed by atoms with E-state index in [1.807, 2.05) is 0 Å². The fraction of sp³-hybridized carbons (Fsp3) is 1.00. The van der Waals surface area contributed by atoms with Gasteiger partial charge in [-0.15, -0.1) is 0 Å². The van der Waals surface area contributed by atoms with E-state index in [2.05, 4.69) is 5.32 Å². The van der Waals surface area contributed by atoms with Crippen LogP contribution in [0.15, 0.2) is 0 Å². The Hall–Kier alpha value is -0.120. The molecule has 1 aliphatic heterocycles. The highest BCUT2D eigenvalue weighted by Gasteiger charge is 2.19. The molecule has 2 N–H and O–H groups in total. The molecule has 0 bridgehead atoms. The van der Waals surface area contributed by atoms with Crippen LogP contribution in [0.4, 0.5) is 0 Å². The van der Waals surface area contributed by atoms with Crippen molar-refractivity contribution in [3.05, 3.63) is 0 Å². The second kappa shape index (κ2) is 3.91. The summed E-state index contributed by atoms with van der Waals surface area (Å²) < 4.78 is 5.09. The van der Waals surface area contributed by atoms with E-state index in [1.54, 1.807) is 7.11 Å². The molecular formula is C7H15NO2. The van der Waals surface area contributed by atoms with E-state index >= 15 is 0 Å². The summed E-state index contributed by atoms with van der Waals surface area (Å²) in [6.07, 6.45) is 1.48. The van der Waals surface area contributed by atoms with Crippen molar-refractivity contribution in [3.63, 3.8) is 0 Å². The van der Waals surface area contributed by atoms with Gasteiger partial charge in [0.1, 0.15) is 0 Å². The molecule has 1 saturated heterocycles. The third-order valence-electron chi connectivity index (χ3n) is 1.95. The molecule has 0 aromatic heterocycles. The molecule has 0 aromatic rings. The minimum Gasteiger partial charge on any atom is -0.390 e. The van der Waals surface area contributed by atoms with Crippen molar-refractivity contribution in [1.82, 2.24) is 5.32 Å². The molecule has 10 heavy (non-hydrogen) atoms. The lowest BCUT2D eigenvalue weighted by molar-refractivity contribution is -0.0122. The molecule has 60 valence electrons. The minimum absolute atomic E-state index is 0.0370. The molecule has 1 fully saturated rings.